The lowest BCUT2D eigenvalue weighted by atomic mass is 9.93. The van der Waals surface area contributed by atoms with Crippen molar-refractivity contribution in [3.8, 4) is 0 Å². The van der Waals surface area contributed by atoms with Crippen LogP contribution < -0.4 is 0 Å². The van der Waals surface area contributed by atoms with Gasteiger partial charge in [-0.15, -0.1) is 5.10 Å². The van der Waals surface area contributed by atoms with Crippen LogP contribution in [0.15, 0.2) is 24.3 Å². The number of rotatable bonds is 4. The van der Waals surface area contributed by atoms with Gasteiger partial charge in [-0.3, -0.25) is 4.90 Å². The molecule has 0 amide bonds. The van der Waals surface area contributed by atoms with Crippen molar-refractivity contribution in [3.05, 3.63) is 41.2 Å². The van der Waals surface area contributed by atoms with Crippen LogP contribution in [-0.2, 0) is 23.3 Å². The average molecular weight is 313 g/mol. The van der Waals surface area contributed by atoms with E-state index in [1.807, 2.05) is 11.6 Å². The summed E-state index contributed by atoms with van der Waals surface area (Å²) >= 11 is 0. The quantitative estimate of drug-likeness (QED) is 0.857. The van der Waals surface area contributed by atoms with Crippen LogP contribution in [0.5, 0.6) is 0 Å². The molecule has 1 aliphatic carbocycles. The molecule has 1 aromatic carbocycles. The molecule has 2 aliphatic rings. The van der Waals surface area contributed by atoms with Crippen LogP contribution in [0.3, 0.4) is 0 Å². The second kappa shape index (κ2) is 6.02. The van der Waals surface area contributed by atoms with Crippen molar-refractivity contribution in [2.24, 2.45) is 0 Å². The fourth-order valence-electron chi connectivity index (χ4n) is 3.92. The maximum absolute atomic E-state index is 6.28. The molecule has 0 radical (unpaired) electrons. The number of morpholine rings is 1. The van der Waals surface area contributed by atoms with Gasteiger partial charge in [0.1, 0.15) is 11.4 Å². The van der Waals surface area contributed by atoms with Gasteiger partial charge in [-0.05, 0) is 47.7 Å². The summed E-state index contributed by atoms with van der Waals surface area (Å²) in [6, 6.07) is 8.75. The molecule has 1 atom stereocenters. The minimum atomic E-state index is -0.0838. The number of nitrogens with zero attached hydrogens (tertiary/aromatic N) is 5. The SMILES string of the molecule is Cc1nnnn1CCCN1CCOC2(CCc3ccccc32)C1. The molecule has 1 spiro atoms. The standard InChI is InChI=1S/C17H23N5O/c1-14-18-19-20-22(14)10-4-9-21-11-12-23-17(13-21)8-7-15-5-2-3-6-16(15)17/h2-3,5-6H,4,7-13H2,1H3. The normalized spacial score (nSPS) is 24.2. The minimum Gasteiger partial charge on any atom is -0.368 e. The maximum atomic E-state index is 6.28. The summed E-state index contributed by atoms with van der Waals surface area (Å²) in [7, 11) is 0. The van der Waals surface area contributed by atoms with Crippen molar-refractivity contribution in [1.29, 1.82) is 0 Å². The second-order valence-electron chi connectivity index (χ2n) is 6.58. The Morgan fingerprint density at radius 2 is 2.17 bits per heavy atom. The van der Waals surface area contributed by atoms with Crippen molar-refractivity contribution in [3.63, 3.8) is 0 Å². The van der Waals surface area contributed by atoms with Crippen LogP contribution in [0.25, 0.3) is 0 Å². The number of hydrogen-bond acceptors (Lipinski definition) is 5. The topological polar surface area (TPSA) is 56.1 Å². The number of tetrazole rings is 1. The fourth-order valence-corrected chi connectivity index (χ4v) is 3.92. The van der Waals surface area contributed by atoms with Gasteiger partial charge in [0.2, 0.25) is 0 Å². The van der Waals surface area contributed by atoms with E-state index in [0.29, 0.717) is 0 Å². The Balaban J connectivity index is 1.39. The molecule has 1 aliphatic heterocycles. The lowest BCUT2D eigenvalue weighted by Gasteiger charge is -2.41. The van der Waals surface area contributed by atoms with Gasteiger partial charge in [-0.1, -0.05) is 24.3 Å². The third kappa shape index (κ3) is 2.77. The van der Waals surface area contributed by atoms with Crippen molar-refractivity contribution < 1.29 is 4.74 Å². The molecule has 0 bridgehead atoms. The highest BCUT2D eigenvalue weighted by molar-refractivity contribution is 5.38. The predicted octanol–water partition coefficient (Wildman–Crippen LogP) is 1.55. The summed E-state index contributed by atoms with van der Waals surface area (Å²) in [5, 5.41) is 11.6. The van der Waals surface area contributed by atoms with Crippen molar-refractivity contribution in [2.75, 3.05) is 26.2 Å². The molecule has 1 fully saturated rings. The monoisotopic (exact) mass is 313 g/mol. The number of aryl methyl sites for hydroxylation is 3. The third-order valence-electron chi connectivity index (χ3n) is 5.13. The smallest absolute Gasteiger partial charge is 0.148 e. The van der Waals surface area contributed by atoms with E-state index in [4.69, 9.17) is 4.74 Å². The molecule has 2 heterocycles. The Labute approximate surface area is 136 Å². The Hall–Kier alpha value is -1.79. The zero-order valence-electron chi connectivity index (χ0n) is 13.6. The highest BCUT2D eigenvalue weighted by Gasteiger charge is 2.42. The summed E-state index contributed by atoms with van der Waals surface area (Å²) < 4.78 is 8.15. The first-order chi connectivity index (χ1) is 11.3. The van der Waals surface area contributed by atoms with E-state index in [9.17, 15) is 0 Å². The maximum Gasteiger partial charge on any atom is 0.148 e. The molecule has 122 valence electrons. The molecular weight excluding hydrogens is 290 g/mol. The summed E-state index contributed by atoms with van der Waals surface area (Å²) in [5.74, 6) is 0.883. The molecular formula is C17H23N5O. The van der Waals surface area contributed by atoms with E-state index in [1.165, 1.54) is 11.1 Å². The Morgan fingerprint density at radius 3 is 3.04 bits per heavy atom. The molecule has 0 N–H and O–H groups in total. The number of benzene rings is 1. The van der Waals surface area contributed by atoms with Gasteiger partial charge in [-0.25, -0.2) is 4.68 Å². The largest absolute Gasteiger partial charge is 0.368 e. The molecule has 6 nitrogen and oxygen atoms in total. The summed E-state index contributed by atoms with van der Waals surface area (Å²) in [6.45, 7) is 6.71. The van der Waals surface area contributed by atoms with Crippen LogP contribution >= 0.6 is 0 Å². The second-order valence-corrected chi connectivity index (χ2v) is 6.58. The van der Waals surface area contributed by atoms with Crippen LogP contribution in [0, 0.1) is 6.92 Å². The van der Waals surface area contributed by atoms with E-state index in [-0.39, 0.29) is 5.60 Å². The van der Waals surface area contributed by atoms with E-state index >= 15 is 0 Å². The van der Waals surface area contributed by atoms with E-state index < -0.39 is 0 Å². The molecule has 1 unspecified atom stereocenters. The van der Waals surface area contributed by atoms with Gasteiger partial charge in [0.05, 0.1) is 6.61 Å². The number of hydrogen-bond donors (Lipinski definition) is 0. The fraction of sp³-hybridized carbons (Fsp3) is 0.588. The van der Waals surface area contributed by atoms with E-state index in [0.717, 1.165) is 57.9 Å². The zero-order valence-corrected chi connectivity index (χ0v) is 13.6. The lowest BCUT2D eigenvalue weighted by Crippen LogP contribution is -2.49. The van der Waals surface area contributed by atoms with Crippen molar-refractivity contribution in [2.45, 2.75) is 38.3 Å². The molecule has 6 heteroatoms. The number of fused-ring (bicyclic) bond motifs is 2. The van der Waals surface area contributed by atoms with Gasteiger partial charge in [0, 0.05) is 26.2 Å². The molecule has 23 heavy (non-hydrogen) atoms. The van der Waals surface area contributed by atoms with Crippen LogP contribution in [0.2, 0.25) is 0 Å². The zero-order chi connectivity index (χ0) is 15.7. The predicted molar refractivity (Wildman–Crippen MR) is 86.0 cm³/mol. The van der Waals surface area contributed by atoms with Crippen molar-refractivity contribution >= 4 is 0 Å². The molecule has 1 aromatic heterocycles. The molecule has 1 saturated heterocycles. The summed E-state index contributed by atoms with van der Waals surface area (Å²) in [6.07, 6.45) is 3.30. The third-order valence-corrected chi connectivity index (χ3v) is 5.13. The van der Waals surface area contributed by atoms with E-state index in [1.54, 1.807) is 0 Å². The van der Waals surface area contributed by atoms with Crippen molar-refractivity contribution in [1.82, 2.24) is 25.1 Å². The van der Waals surface area contributed by atoms with Gasteiger partial charge >= 0.3 is 0 Å². The number of aromatic nitrogens is 4. The number of ether oxygens (including phenoxy) is 1. The minimum absolute atomic E-state index is 0.0838. The van der Waals surface area contributed by atoms with Gasteiger partial charge in [0.15, 0.2) is 0 Å². The Bertz CT molecular complexity index is 681. The van der Waals surface area contributed by atoms with Gasteiger partial charge in [0.25, 0.3) is 0 Å². The highest BCUT2D eigenvalue weighted by atomic mass is 16.5. The van der Waals surface area contributed by atoms with E-state index in [2.05, 4.69) is 44.7 Å². The lowest BCUT2D eigenvalue weighted by molar-refractivity contribution is -0.113. The van der Waals surface area contributed by atoms with Crippen LogP contribution in [0.4, 0.5) is 0 Å². The first-order valence-corrected chi connectivity index (χ1v) is 8.44. The Kier molecular flexibility index (Phi) is 3.87. The molecule has 0 saturated carbocycles. The Morgan fingerprint density at radius 1 is 1.26 bits per heavy atom. The first kappa shape index (κ1) is 14.8. The molecule has 4 rings (SSSR count). The average Bonchev–Trinajstić information content (AvgIpc) is 3.13. The highest BCUT2D eigenvalue weighted by Crippen LogP contribution is 2.42. The first-order valence-electron chi connectivity index (χ1n) is 8.44. The van der Waals surface area contributed by atoms with Crippen LogP contribution in [0.1, 0.15) is 29.8 Å². The van der Waals surface area contributed by atoms with Crippen LogP contribution in [-0.4, -0.2) is 51.3 Å². The molecule has 2 aromatic rings. The summed E-state index contributed by atoms with van der Waals surface area (Å²) in [4.78, 5) is 2.53. The van der Waals surface area contributed by atoms with Gasteiger partial charge < -0.3 is 4.74 Å². The summed E-state index contributed by atoms with van der Waals surface area (Å²) in [5.41, 5.74) is 2.78. The van der Waals surface area contributed by atoms with Gasteiger partial charge in [-0.2, -0.15) is 0 Å².